The maximum atomic E-state index is 13.3. The molecule has 0 heterocycles. The molecule has 0 unspecified atom stereocenters. The van der Waals surface area contributed by atoms with Gasteiger partial charge in [0.05, 0.1) is 11.3 Å². The summed E-state index contributed by atoms with van der Waals surface area (Å²) in [4.78, 5) is 11.6. The third-order valence-corrected chi connectivity index (χ3v) is 3.65. The van der Waals surface area contributed by atoms with Crippen molar-refractivity contribution in [2.24, 2.45) is 0 Å². The van der Waals surface area contributed by atoms with Gasteiger partial charge in [0.1, 0.15) is 18.2 Å². The van der Waals surface area contributed by atoms with Crippen LogP contribution in [0.3, 0.4) is 0 Å². The summed E-state index contributed by atoms with van der Waals surface area (Å²) in [5.74, 6) is -0.796. The van der Waals surface area contributed by atoms with Crippen LogP contribution in [0.2, 0.25) is 5.02 Å². The lowest BCUT2D eigenvalue weighted by Gasteiger charge is -2.08. The molecular weight excluding hydrogens is 345 g/mol. The number of ether oxygens (including phenoxy) is 1. The average Bonchev–Trinajstić information content (AvgIpc) is 2.47. The summed E-state index contributed by atoms with van der Waals surface area (Å²) in [6, 6.07) is 10.2. The molecule has 0 aliphatic rings. The number of halogens is 2. The van der Waals surface area contributed by atoms with E-state index in [-0.39, 0.29) is 17.2 Å². The SMILES string of the molecule is CS(=O)(=O)NC(=O)c1ccc(OCc2ccc(Cl)c(F)c2)cc1. The molecule has 122 valence electrons. The molecule has 0 aliphatic carbocycles. The fourth-order valence-corrected chi connectivity index (χ4v) is 2.30. The number of carbonyl (C=O) groups excluding carboxylic acids is 1. The van der Waals surface area contributed by atoms with E-state index in [0.717, 1.165) is 6.26 Å². The predicted octanol–water partition coefficient (Wildman–Crippen LogP) is 2.75. The van der Waals surface area contributed by atoms with Gasteiger partial charge in [-0.2, -0.15) is 0 Å². The summed E-state index contributed by atoms with van der Waals surface area (Å²) in [5, 5.41) is 0.0370. The second-order valence-electron chi connectivity index (χ2n) is 4.76. The maximum Gasteiger partial charge on any atom is 0.264 e. The summed E-state index contributed by atoms with van der Waals surface area (Å²) in [6.45, 7) is 0.128. The monoisotopic (exact) mass is 357 g/mol. The smallest absolute Gasteiger partial charge is 0.264 e. The van der Waals surface area contributed by atoms with Gasteiger partial charge in [0.25, 0.3) is 5.91 Å². The summed E-state index contributed by atoms with van der Waals surface area (Å²) in [5.41, 5.74) is 0.783. The maximum absolute atomic E-state index is 13.3. The number of hydrogen-bond acceptors (Lipinski definition) is 4. The first-order valence-electron chi connectivity index (χ1n) is 6.43. The van der Waals surface area contributed by atoms with Crippen LogP contribution < -0.4 is 9.46 Å². The van der Waals surface area contributed by atoms with Crippen LogP contribution in [0.1, 0.15) is 15.9 Å². The first kappa shape index (κ1) is 17.2. The number of sulfonamides is 1. The molecule has 2 aromatic rings. The van der Waals surface area contributed by atoms with E-state index in [2.05, 4.69) is 0 Å². The van der Waals surface area contributed by atoms with Crippen LogP contribution in [0, 0.1) is 5.82 Å². The van der Waals surface area contributed by atoms with Gasteiger partial charge in [0.15, 0.2) is 0 Å². The van der Waals surface area contributed by atoms with Crippen LogP contribution in [0.25, 0.3) is 0 Å². The van der Waals surface area contributed by atoms with Crippen molar-refractivity contribution in [2.75, 3.05) is 6.26 Å². The minimum Gasteiger partial charge on any atom is -0.489 e. The number of nitrogens with one attached hydrogen (secondary N) is 1. The van der Waals surface area contributed by atoms with Gasteiger partial charge >= 0.3 is 0 Å². The van der Waals surface area contributed by atoms with Crippen LogP contribution >= 0.6 is 11.6 Å². The van der Waals surface area contributed by atoms with Gasteiger partial charge in [0.2, 0.25) is 10.0 Å². The largest absolute Gasteiger partial charge is 0.489 e. The Labute approximate surface area is 138 Å². The Morgan fingerprint density at radius 3 is 2.43 bits per heavy atom. The van der Waals surface area contributed by atoms with Crippen LogP contribution in [0.5, 0.6) is 5.75 Å². The second kappa shape index (κ2) is 6.97. The lowest BCUT2D eigenvalue weighted by molar-refractivity contribution is 0.0981. The number of rotatable bonds is 5. The van der Waals surface area contributed by atoms with E-state index < -0.39 is 21.7 Å². The summed E-state index contributed by atoms with van der Waals surface area (Å²) >= 11 is 5.59. The number of carbonyl (C=O) groups is 1. The second-order valence-corrected chi connectivity index (χ2v) is 6.92. The van der Waals surface area contributed by atoms with Gasteiger partial charge in [-0.1, -0.05) is 17.7 Å². The molecule has 2 rings (SSSR count). The molecule has 0 spiro atoms. The minimum atomic E-state index is -3.61. The zero-order valence-corrected chi connectivity index (χ0v) is 13.6. The normalized spacial score (nSPS) is 11.1. The highest BCUT2D eigenvalue weighted by molar-refractivity contribution is 7.89. The zero-order valence-electron chi connectivity index (χ0n) is 12.0. The average molecular weight is 358 g/mol. The Morgan fingerprint density at radius 2 is 1.87 bits per heavy atom. The van der Waals surface area contributed by atoms with E-state index in [1.165, 1.54) is 36.4 Å². The first-order valence-corrected chi connectivity index (χ1v) is 8.70. The molecule has 0 aliphatic heterocycles. The van der Waals surface area contributed by atoms with Gasteiger partial charge in [0, 0.05) is 5.56 Å². The highest BCUT2D eigenvalue weighted by Gasteiger charge is 2.11. The van der Waals surface area contributed by atoms with E-state index in [1.54, 1.807) is 6.07 Å². The molecule has 1 amide bonds. The Hall–Kier alpha value is -2.12. The third-order valence-electron chi connectivity index (χ3n) is 2.78. The molecule has 1 N–H and O–H groups in total. The fourth-order valence-electron chi connectivity index (χ4n) is 1.73. The molecule has 0 aromatic heterocycles. The van der Waals surface area contributed by atoms with E-state index in [4.69, 9.17) is 16.3 Å². The quantitative estimate of drug-likeness (QED) is 0.893. The van der Waals surface area contributed by atoms with Crippen molar-refractivity contribution in [1.82, 2.24) is 4.72 Å². The van der Waals surface area contributed by atoms with Crippen molar-refractivity contribution in [3.05, 3.63) is 64.4 Å². The van der Waals surface area contributed by atoms with Crippen molar-refractivity contribution in [3.8, 4) is 5.75 Å². The number of benzene rings is 2. The van der Waals surface area contributed by atoms with Crippen LogP contribution in [-0.2, 0) is 16.6 Å². The van der Waals surface area contributed by atoms with E-state index in [1.807, 2.05) is 4.72 Å². The fraction of sp³-hybridized carbons (Fsp3) is 0.133. The standard InChI is InChI=1S/C15H13ClFNO4S/c1-23(20,21)18-15(19)11-3-5-12(6-4-11)22-9-10-2-7-13(16)14(17)8-10/h2-8H,9H2,1H3,(H,18,19). The Bertz CT molecular complexity index is 822. The Morgan fingerprint density at radius 1 is 1.22 bits per heavy atom. The van der Waals surface area contributed by atoms with Crippen molar-refractivity contribution in [3.63, 3.8) is 0 Å². The Balaban J connectivity index is 1.99. The zero-order chi connectivity index (χ0) is 17.0. The first-order chi connectivity index (χ1) is 10.7. The molecule has 5 nitrogen and oxygen atoms in total. The van der Waals surface area contributed by atoms with Gasteiger partial charge in [-0.3, -0.25) is 4.79 Å². The molecule has 23 heavy (non-hydrogen) atoms. The molecule has 0 radical (unpaired) electrons. The summed E-state index contributed by atoms with van der Waals surface area (Å²) in [7, 11) is -3.61. The van der Waals surface area contributed by atoms with Crippen molar-refractivity contribution in [2.45, 2.75) is 6.61 Å². The molecule has 2 aromatic carbocycles. The van der Waals surface area contributed by atoms with Crippen LogP contribution in [0.4, 0.5) is 4.39 Å². The van der Waals surface area contributed by atoms with E-state index in [0.29, 0.717) is 11.3 Å². The number of amides is 1. The van der Waals surface area contributed by atoms with Gasteiger partial charge in [-0.15, -0.1) is 0 Å². The lowest BCUT2D eigenvalue weighted by Crippen LogP contribution is -2.29. The summed E-state index contributed by atoms with van der Waals surface area (Å²) in [6.07, 6.45) is 0.896. The van der Waals surface area contributed by atoms with Crippen LogP contribution in [-0.4, -0.2) is 20.6 Å². The summed E-state index contributed by atoms with van der Waals surface area (Å²) < 4.78 is 42.6. The van der Waals surface area contributed by atoms with Gasteiger partial charge < -0.3 is 4.74 Å². The molecule has 0 saturated heterocycles. The highest BCUT2D eigenvalue weighted by atomic mass is 35.5. The topological polar surface area (TPSA) is 72.5 Å². The van der Waals surface area contributed by atoms with Crippen molar-refractivity contribution in [1.29, 1.82) is 0 Å². The highest BCUT2D eigenvalue weighted by Crippen LogP contribution is 2.18. The van der Waals surface area contributed by atoms with Crippen molar-refractivity contribution >= 4 is 27.5 Å². The van der Waals surface area contributed by atoms with Gasteiger partial charge in [-0.05, 0) is 42.0 Å². The Kier molecular flexibility index (Phi) is 5.23. The molecule has 0 atom stereocenters. The van der Waals surface area contributed by atoms with Crippen molar-refractivity contribution < 1.29 is 22.3 Å². The molecular formula is C15H13ClFNO4S. The minimum absolute atomic E-state index is 0.0370. The number of hydrogen-bond donors (Lipinski definition) is 1. The molecule has 0 fully saturated rings. The lowest BCUT2D eigenvalue weighted by atomic mass is 10.2. The van der Waals surface area contributed by atoms with E-state index in [9.17, 15) is 17.6 Å². The van der Waals surface area contributed by atoms with E-state index >= 15 is 0 Å². The molecule has 8 heteroatoms. The third kappa shape index (κ3) is 5.22. The molecule has 0 bridgehead atoms. The molecule has 0 saturated carbocycles. The van der Waals surface area contributed by atoms with Gasteiger partial charge in [-0.25, -0.2) is 17.5 Å². The predicted molar refractivity (Wildman–Crippen MR) is 84.5 cm³/mol. The van der Waals surface area contributed by atoms with Crippen LogP contribution in [0.15, 0.2) is 42.5 Å².